The molecule has 0 saturated carbocycles. The molecule has 326 valence electrons. The number of aromatic amines is 1. The summed E-state index contributed by atoms with van der Waals surface area (Å²) in [5.41, 5.74) is 5.30. The van der Waals surface area contributed by atoms with E-state index in [1.165, 1.54) is 51.4 Å². The van der Waals surface area contributed by atoms with E-state index in [2.05, 4.69) is 22.4 Å². The van der Waals surface area contributed by atoms with Crippen molar-refractivity contribution in [2.24, 2.45) is 5.16 Å². The molecule has 0 spiro atoms. The third-order valence-corrected chi connectivity index (χ3v) is 9.89. The third-order valence-electron chi connectivity index (χ3n) is 9.89. The number of H-pyrrole nitrogens is 1. The van der Waals surface area contributed by atoms with E-state index in [4.69, 9.17) is 24.0 Å². The van der Waals surface area contributed by atoms with Crippen LogP contribution in [0, 0.1) is 0 Å². The number of carbonyl (C=O) groups is 3. The summed E-state index contributed by atoms with van der Waals surface area (Å²) in [7, 11) is 0. The van der Waals surface area contributed by atoms with Crippen LogP contribution in [-0.2, 0) is 28.7 Å². The molecule has 4 aromatic rings. The van der Waals surface area contributed by atoms with Gasteiger partial charge in [-0.2, -0.15) is 0 Å². The first-order valence-electron chi connectivity index (χ1n) is 21.9. The average Bonchev–Trinajstić information content (AvgIpc) is 3.90. The molecule has 0 aliphatic carbocycles. The van der Waals surface area contributed by atoms with Gasteiger partial charge in [-0.3, -0.25) is 4.79 Å². The number of esters is 2. The predicted molar refractivity (Wildman–Crippen MR) is 242 cm³/mol. The quantitative estimate of drug-likeness (QED) is 0.0480. The first-order chi connectivity index (χ1) is 29.2. The van der Waals surface area contributed by atoms with Gasteiger partial charge in [-0.15, -0.1) is 0 Å². The topological polar surface area (TPSA) is 141 Å². The van der Waals surface area contributed by atoms with Crippen molar-refractivity contribution in [3.63, 3.8) is 0 Å². The molecular weight excluding hydrogens is 769 g/mol. The van der Waals surface area contributed by atoms with E-state index >= 15 is 0 Å². The minimum atomic E-state index is -0.781. The zero-order chi connectivity index (χ0) is 43.8. The Balaban J connectivity index is 1.25. The van der Waals surface area contributed by atoms with E-state index in [9.17, 15) is 14.4 Å². The number of unbranched alkanes of at least 4 members (excludes halogenated alkanes) is 9. The Morgan fingerprint density at radius 2 is 1.31 bits per heavy atom. The van der Waals surface area contributed by atoms with Crippen LogP contribution in [0.15, 0.2) is 84.0 Å². The summed E-state index contributed by atoms with van der Waals surface area (Å²) in [5.74, 6) is 0.200. The minimum absolute atomic E-state index is 0.0968. The zero-order valence-electron chi connectivity index (χ0n) is 37.1. The van der Waals surface area contributed by atoms with Gasteiger partial charge in [0.05, 0.1) is 17.1 Å². The molecule has 11 heteroatoms. The normalized spacial score (nSPS) is 14.1. The highest BCUT2D eigenvalue weighted by Crippen LogP contribution is 2.34. The lowest BCUT2D eigenvalue weighted by Crippen LogP contribution is -2.32. The minimum Gasteiger partial charge on any atom is -0.482 e. The first kappa shape index (κ1) is 46.4. The fourth-order valence-corrected chi connectivity index (χ4v) is 6.83. The number of nitrogens with zero attached hydrogens (tertiary/aromatic N) is 2. The Hall–Kier alpha value is -5.71. The molecule has 0 bridgehead atoms. The predicted octanol–water partition coefficient (Wildman–Crippen LogP) is 11.0. The zero-order valence-corrected chi connectivity index (χ0v) is 37.1. The molecular formula is C50H64N4O7. The van der Waals surface area contributed by atoms with Crippen LogP contribution in [0.5, 0.6) is 5.75 Å². The lowest BCUT2D eigenvalue weighted by atomic mass is 10.0. The summed E-state index contributed by atoms with van der Waals surface area (Å²) in [6, 6.07) is 23.1. The Bertz CT molecular complexity index is 2090. The van der Waals surface area contributed by atoms with Crippen molar-refractivity contribution in [3.05, 3.63) is 90.0 Å². The third kappa shape index (κ3) is 15.4. The summed E-state index contributed by atoms with van der Waals surface area (Å²) in [6.45, 7) is 13.6. The second-order valence-corrected chi connectivity index (χ2v) is 17.6. The Morgan fingerprint density at radius 3 is 1.93 bits per heavy atom. The van der Waals surface area contributed by atoms with E-state index in [0.29, 0.717) is 30.3 Å². The molecule has 1 aliphatic rings. The van der Waals surface area contributed by atoms with Crippen molar-refractivity contribution in [1.29, 1.82) is 0 Å². The number of oxime groups is 1. The van der Waals surface area contributed by atoms with Gasteiger partial charge in [0.2, 0.25) is 12.0 Å². The van der Waals surface area contributed by atoms with Gasteiger partial charge in [-0.05, 0) is 89.4 Å². The molecule has 2 heterocycles. The van der Waals surface area contributed by atoms with Crippen molar-refractivity contribution in [2.45, 2.75) is 136 Å². The summed E-state index contributed by atoms with van der Waals surface area (Å²) in [6.07, 6.45) is 15.5. The van der Waals surface area contributed by atoms with Crippen molar-refractivity contribution in [2.75, 3.05) is 13.2 Å². The average molecular weight is 833 g/mol. The highest BCUT2D eigenvalue weighted by Gasteiger charge is 2.33. The summed E-state index contributed by atoms with van der Waals surface area (Å²) < 4.78 is 16.6. The highest BCUT2D eigenvalue weighted by atomic mass is 16.7. The van der Waals surface area contributed by atoms with Gasteiger partial charge in [0.25, 0.3) is 0 Å². The van der Waals surface area contributed by atoms with Crippen molar-refractivity contribution in [3.8, 4) is 39.7 Å². The maximum Gasteiger partial charge on any atom is 0.351 e. The van der Waals surface area contributed by atoms with E-state index in [-0.39, 0.29) is 12.5 Å². The lowest BCUT2D eigenvalue weighted by molar-refractivity contribution is -0.167. The maximum atomic E-state index is 12.6. The summed E-state index contributed by atoms with van der Waals surface area (Å²) in [4.78, 5) is 51.4. The number of hydrogen-bond acceptors (Lipinski definition) is 9. The van der Waals surface area contributed by atoms with Crippen LogP contribution in [0.1, 0.15) is 130 Å². The number of hydrogen-bond donors (Lipinski definition) is 2. The SMILES string of the molecule is CCCCCCCCCCCCNC(=O)C=Cc1ccc(-c2[nH]c(-c3ccc(C4=NOC(C(=O)OC(C)(C)C)C4)cc3)nc2-c2ccc(OCC(=O)OC(C)(C)C)cc2)cc1. The fraction of sp³-hybridized carbons (Fsp3) is 0.460. The monoisotopic (exact) mass is 832 g/mol. The first-order valence-corrected chi connectivity index (χ1v) is 21.9. The fourth-order valence-electron chi connectivity index (χ4n) is 6.83. The molecule has 1 amide bonds. The number of benzene rings is 3. The van der Waals surface area contributed by atoms with E-state index in [1.54, 1.807) is 18.2 Å². The van der Waals surface area contributed by atoms with Crippen molar-refractivity contribution < 1.29 is 33.4 Å². The van der Waals surface area contributed by atoms with Crippen LogP contribution in [0.2, 0.25) is 0 Å². The number of rotatable bonds is 21. The smallest absolute Gasteiger partial charge is 0.351 e. The molecule has 1 unspecified atom stereocenters. The van der Waals surface area contributed by atoms with Gasteiger partial charge in [0, 0.05) is 35.7 Å². The molecule has 1 atom stereocenters. The Labute approximate surface area is 361 Å². The maximum absolute atomic E-state index is 12.6. The van der Waals surface area contributed by atoms with Crippen LogP contribution < -0.4 is 10.1 Å². The van der Waals surface area contributed by atoms with Crippen LogP contribution in [0.25, 0.3) is 40.0 Å². The van der Waals surface area contributed by atoms with E-state index in [0.717, 1.165) is 52.0 Å². The van der Waals surface area contributed by atoms with Crippen LogP contribution in [0.4, 0.5) is 0 Å². The van der Waals surface area contributed by atoms with Gasteiger partial charge < -0.3 is 29.3 Å². The van der Waals surface area contributed by atoms with Gasteiger partial charge >= 0.3 is 11.9 Å². The van der Waals surface area contributed by atoms with Gasteiger partial charge in [-0.1, -0.05) is 118 Å². The van der Waals surface area contributed by atoms with Gasteiger partial charge in [0.1, 0.15) is 22.8 Å². The highest BCUT2D eigenvalue weighted by molar-refractivity contribution is 6.03. The molecule has 2 N–H and O–H groups in total. The second-order valence-electron chi connectivity index (χ2n) is 17.6. The Morgan fingerprint density at radius 1 is 0.738 bits per heavy atom. The molecule has 0 radical (unpaired) electrons. The molecule has 1 aliphatic heterocycles. The number of ether oxygens (including phenoxy) is 3. The van der Waals surface area contributed by atoms with Gasteiger partial charge in [0.15, 0.2) is 6.61 Å². The number of imidazole rings is 1. The molecule has 1 aromatic heterocycles. The summed E-state index contributed by atoms with van der Waals surface area (Å²) in [5, 5.41) is 7.20. The van der Waals surface area contributed by atoms with E-state index in [1.807, 2.05) is 108 Å². The number of nitrogens with one attached hydrogen (secondary N) is 2. The standard InChI is InChI=1S/C50H64N4O7/c1-8-9-10-11-12-13-14-15-16-17-32-51-43(55)31-20-35-18-21-37(22-19-35)45-46(38-27-29-40(30-28-38)58-34-44(56)59-49(2,3)4)53-47(52-45)39-25-23-36(24-26-39)41-33-42(61-54-41)48(57)60-50(5,6)7/h18-31,42H,8-17,32-34H2,1-7H3,(H,51,55)(H,52,53). The molecule has 61 heavy (non-hydrogen) atoms. The lowest BCUT2D eigenvalue weighted by Gasteiger charge is -2.20. The van der Waals surface area contributed by atoms with Crippen LogP contribution in [-0.4, -0.2) is 64.0 Å². The summed E-state index contributed by atoms with van der Waals surface area (Å²) >= 11 is 0. The van der Waals surface area contributed by atoms with Crippen LogP contribution >= 0.6 is 0 Å². The van der Waals surface area contributed by atoms with Crippen molar-refractivity contribution in [1.82, 2.24) is 15.3 Å². The molecule has 0 fully saturated rings. The second kappa shape index (κ2) is 22.2. The molecule has 5 rings (SSSR count). The van der Waals surface area contributed by atoms with E-state index < -0.39 is 29.2 Å². The molecule has 3 aromatic carbocycles. The largest absolute Gasteiger partial charge is 0.482 e. The van der Waals surface area contributed by atoms with Gasteiger partial charge in [-0.25, -0.2) is 14.6 Å². The van der Waals surface area contributed by atoms with Crippen LogP contribution in [0.3, 0.4) is 0 Å². The number of amides is 1. The molecule has 11 nitrogen and oxygen atoms in total. The van der Waals surface area contributed by atoms with Crippen molar-refractivity contribution >= 4 is 29.6 Å². The molecule has 0 saturated heterocycles. The number of aromatic nitrogens is 2. The Kier molecular flexibility index (Phi) is 16.9. The number of carbonyl (C=O) groups excluding carboxylic acids is 3.